The van der Waals surface area contributed by atoms with Crippen molar-refractivity contribution in [2.75, 3.05) is 11.9 Å². The number of carbonyl (C=O) groups is 2. The third-order valence-electron chi connectivity index (χ3n) is 3.82. The molecule has 28 heavy (non-hydrogen) atoms. The number of aliphatic carboxylic acids is 1. The van der Waals surface area contributed by atoms with Crippen molar-refractivity contribution in [1.82, 2.24) is 5.32 Å². The number of carbonyl (C=O) groups excluding carboxylic acids is 1. The van der Waals surface area contributed by atoms with E-state index in [9.17, 15) is 26.7 Å². The minimum Gasteiger partial charge on any atom is -0.475 e. The molecule has 0 radical (unpaired) electrons. The fraction of sp³-hybridized carbons (Fsp3) is 0.222. The monoisotopic (exact) mass is 402 g/mol. The largest absolute Gasteiger partial charge is 0.490 e. The molecule has 1 aliphatic heterocycles. The molecule has 1 aliphatic rings. The van der Waals surface area contributed by atoms with E-state index in [1.165, 1.54) is 6.07 Å². The Morgan fingerprint density at radius 3 is 2.18 bits per heavy atom. The number of amides is 1. The molecule has 0 saturated heterocycles. The van der Waals surface area contributed by atoms with Crippen molar-refractivity contribution in [3.05, 3.63) is 65.2 Å². The maximum atomic E-state index is 13.6. The summed E-state index contributed by atoms with van der Waals surface area (Å²) < 4.78 is 58.9. The van der Waals surface area contributed by atoms with Gasteiger partial charge in [-0.15, -0.1) is 0 Å². The highest BCUT2D eigenvalue weighted by Gasteiger charge is 2.38. The Balaban J connectivity index is 0.000000345. The average Bonchev–Trinajstić information content (AvgIpc) is 2.64. The Morgan fingerprint density at radius 1 is 1.04 bits per heavy atom. The highest BCUT2D eigenvalue weighted by Crippen LogP contribution is 2.25. The van der Waals surface area contributed by atoms with Gasteiger partial charge in [0.15, 0.2) is 0 Å². The van der Waals surface area contributed by atoms with Gasteiger partial charge in [-0.1, -0.05) is 30.3 Å². The number of benzene rings is 2. The van der Waals surface area contributed by atoms with E-state index in [0.717, 1.165) is 29.7 Å². The first-order chi connectivity index (χ1) is 13.1. The van der Waals surface area contributed by atoms with Crippen LogP contribution in [0.2, 0.25) is 0 Å². The standard InChI is InChI=1S/C16H14F2N2O.C2HF3O2/c17-12-6-3-7-13(18)15(12)20-16(21)14-11-5-2-1-4-10(11)8-9-19-14;3-2(4,5)1(6)7/h1-7,14,19H,8-9H2,(H,20,21);(H,6,7). The molecule has 3 rings (SSSR count). The van der Waals surface area contributed by atoms with Crippen LogP contribution in [0.1, 0.15) is 17.2 Å². The van der Waals surface area contributed by atoms with Crippen molar-refractivity contribution in [2.24, 2.45) is 0 Å². The predicted molar refractivity (Wildman–Crippen MR) is 89.6 cm³/mol. The maximum Gasteiger partial charge on any atom is 0.490 e. The molecule has 1 atom stereocenters. The van der Waals surface area contributed by atoms with Gasteiger partial charge in [-0.2, -0.15) is 13.2 Å². The summed E-state index contributed by atoms with van der Waals surface area (Å²) in [5.74, 6) is -4.79. The molecule has 1 heterocycles. The summed E-state index contributed by atoms with van der Waals surface area (Å²) in [5, 5.41) is 12.5. The highest BCUT2D eigenvalue weighted by atomic mass is 19.4. The van der Waals surface area contributed by atoms with Gasteiger partial charge in [0.25, 0.3) is 0 Å². The number of carboxylic acid groups (broad SMARTS) is 1. The van der Waals surface area contributed by atoms with Gasteiger partial charge in [-0.05, 0) is 29.7 Å². The summed E-state index contributed by atoms with van der Waals surface area (Å²) >= 11 is 0. The fourth-order valence-electron chi connectivity index (χ4n) is 2.55. The van der Waals surface area contributed by atoms with E-state index in [1.54, 1.807) is 0 Å². The van der Waals surface area contributed by atoms with Crippen LogP contribution in [0.4, 0.5) is 27.6 Å². The number of alkyl halides is 3. The minimum absolute atomic E-state index is 0.410. The van der Waals surface area contributed by atoms with Crippen LogP contribution in [0.15, 0.2) is 42.5 Å². The SMILES string of the molecule is O=C(Nc1c(F)cccc1F)C1NCCc2ccccc21.O=C(O)C(F)(F)F. The molecule has 0 aromatic heterocycles. The summed E-state index contributed by atoms with van der Waals surface area (Å²) in [6.07, 6.45) is -4.26. The normalized spacial score (nSPS) is 15.7. The Bertz CT molecular complexity index is 850. The summed E-state index contributed by atoms with van der Waals surface area (Å²) in [7, 11) is 0. The molecule has 1 unspecified atom stereocenters. The van der Waals surface area contributed by atoms with E-state index < -0.39 is 41.4 Å². The van der Waals surface area contributed by atoms with Crippen LogP contribution in [0.3, 0.4) is 0 Å². The first-order valence-corrected chi connectivity index (χ1v) is 7.97. The number of rotatable bonds is 2. The number of halogens is 5. The van der Waals surface area contributed by atoms with Gasteiger partial charge in [0.1, 0.15) is 23.4 Å². The van der Waals surface area contributed by atoms with Gasteiger partial charge >= 0.3 is 12.1 Å². The summed E-state index contributed by atoms with van der Waals surface area (Å²) in [6.45, 7) is 0.648. The molecule has 0 bridgehead atoms. The van der Waals surface area contributed by atoms with Crippen LogP contribution >= 0.6 is 0 Å². The lowest BCUT2D eigenvalue weighted by Crippen LogP contribution is -2.38. The molecular formula is C18H15F5N2O3. The second-order valence-electron chi connectivity index (χ2n) is 5.72. The van der Waals surface area contributed by atoms with Crippen molar-refractivity contribution >= 4 is 17.6 Å². The zero-order valence-electron chi connectivity index (χ0n) is 14.2. The molecule has 0 saturated carbocycles. The Kier molecular flexibility index (Phi) is 6.68. The van der Waals surface area contributed by atoms with Crippen LogP contribution < -0.4 is 10.6 Å². The highest BCUT2D eigenvalue weighted by molar-refractivity contribution is 5.96. The maximum absolute atomic E-state index is 13.6. The van der Waals surface area contributed by atoms with Gasteiger partial charge in [-0.25, -0.2) is 13.6 Å². The van der Waals surface area contributed by atoms with E-state index in [-0.39, 0.29) is 0 Å². The molecule has 0 spiro atoms. The van der Waals surface area contributed by atoms with E-state index in [2.05, 4.69) is 10.6 Å². The minimum atomic E-state index is -5.08. The van der Waals surface area contributed by atoms with Crippen molar-refractivity contribution in [3.63, 3.8) is 0 Å². The molecule has 2 aromatic rings. The number of nitrogens with one attached hydrogen (secondary N) is 2. The molecular weight excluding hydrogens is 387 g/mol. The van der Waals surface area contributed by atoms with Crippen LogP contribution in [-0.2, 0) is 16.0 Å². The molecule has 1 amide bonds. The molecule has 150 valence electrons. The van der Waals surface area contributed by atoms with Gasteiger partial charge < -0.3 is 15.7 Å². The first kappa shape index (κ1) is 21.3. The van der Waals surface area contributed by atoms with Gasteiger partial charge in [-0.3, -0.25) is 4.79 Å². The number of carboxylic acids is 1. The van der Waals surface area contributed by atoms with Gasteiger partial charge in [0.2, 0.25) is 5.91 Å². The van der Waals surface area contributed by atoms with Crippen molar-refractivity contribution < 1.29 is 36.6 Å². The van der Waals surface area contributed by atoms with E-state index in [0.29, 0.717) is 6.54 Å². The second-order valence-corrected chi connectivity index (χ2v) is 5.72. The van der Waals surface area contributed by atoms with Gasteiger partial charge in [0, 0.05) is 6.54 Å². The third-order valence-corrected chi connectivity index (χ3v) is 3.82. The topological polar surface area (TPSA) is 78.4 Å². The second kappa shape index (κ2) is 8.79. The van der Waals surface area contributed by atoms with Gasteiger partial charge in [0.05, 0.1) is 0 Å². The lowest BCUT2D eigenvalue weighted by Gasteiger charge is -2.26. The fourth-order valence-corrected chi connectivity index (χ4v) is 2.55. The number of para-hydroxylation sites is 1. The lowest BCUT2D eigenvalue weighted by atomic mass is 9.94. The number of hydrogen-bond acceptors (Lipinski definition) is 3. The van der Waals surface area contributed by atoms with Crippen molar-refractivity contribution in [1.29, 1.82) is 0 Å². The predicted octanol–water partition coefficient (Wildman–Crippen LogP) is 3.42. The zero-order valence-corrected chi connectivity index (χ0v) is 14.2. The van der Waals surface area contributed by atoms with Crippen molar-refractivity contribution in [3.8, 4) is 0 Å². The summed E-state index contributed by atoms with van der Waals surface area (Å²) in [4.78, 5) is 21.2. The zero-order chi connectivity index (χ0) is 20.9. The smallest absolute Gasteiger partial charge is 0.475 e. The van der Waals surface area contributed by atoms with Crippen LogP contribution in [-0.4, -0.2) is 29.7 Å². The van der Waals surface area contributed by atoms with Crippen LogP contribution in [0, 0.1) is 11.6 Å². The van der Waals surface area contributed by atoms with Crippen LogP contribution in [0.5, 0.6) is 0 Å². The Labute approximate surface area is 156 Å². The molecule has 3 N–H and O–H groups in total. The number of hydrogen-bond donors (Lipinski definition) is 3. The molecule has 5 nitrogen and oxygen atoms in total. The number of fused-ring (bicyclic) bond motifs is 1. The summed E-state index contributed by atoms with van der Waals surface area (Å²) in [5.41, 5.74) is 1.51. The van der Waals surface area contributed by atoms with E-state index in [1.807, 2.05) is 24.3 Å². The Hall–Kier alpha value is -3.01. The molecule has 0 aliphatic carbocycles. The first-order valence-electron chi connectivity index (χ1n) is 7.97. The van der Waals surface area contributed by atoms with Crippen LogP contribution in [0.25, 0.3) is 0 Å². The van der Waals surface area contributed by atoms with E-state index in [4.69, 9.17) is 9.90 Å². The summed E-state index contributed by atoms with van der Waals surface area (Å²) in [6, 6.07) is 10.4. The molecule has 2 aromatic carbocycles. The third kappa shape index (κ3) is 5.26. The molecule has 10 heteroatoms. The lowest BCUT2D eigenvalue weighted by molar-refractivity contribution is -0.192. The van der Waals surface area contributed by atoms with E-state index >= 15 is 0 Å². The Morgan fingerprint density at radius 2 is 1.61 bits per heavy atom. The average molecular weight is 402 g/mol. The van der Waals surface area contributed by atoms with Crippen molar-refractivity contribution in [2.45, 2.75) is 18.6 Å². The number of anilines is 1. The molecule has 0 fully saturated rings. The quantitative estimate of drug-likeness (QED) is 0.673.